The first-order valence-electron chi connectivity index (χ1n) is 9.68. The average molecular weight is 484 g/mol. The fourth-order valence-corrected chi connectivity index (χ4v) is 4.58. The van der Waals surface area contributed by atoms with Crippen molar-refractivity contribution < 1.29 is 14.2 Å². The van der Waals surface area contributed by atoms with Gasteiger partial charge in [0, 0.05) is 31.7 Å². The standard InChI is InChI=1S/C21H21Cl3N4O3/c1-29-11-5-4-6-28(10-11)21-12-7-16(22)25-9-13(12)26-20(27-21)17-18(23)14(30-2)8-15(31-3)19(17)24/h7-9,11H,4-6,10H2,1-3H3. The highest BCUT2D eigenvalue weighted by atomic mass is 35.5. The van der Waals surface area contributed by atoms with Gasteiger partial charge in [-0.15, -0.1) is 0 Å². The highest BCUT2D eigenvalue weighted by molar-refractivity contribution is 6.41. The number of ether oxygens (including phenoxy) is 3. The molecule has 1 unspecified atom stereocenters. The van der Waals surface area contributed by atoms with Gasteiger partial charge >= 0.3 is 0 Å². The first-order valence-corrected chi connectivity index (χ1v) is 10.8. The topological polar surface area (TPSA) is 69.6 Å². The van der Waals surface area contributed by atoms with Gasteiger partial charge in [0.15, 0.2) is 5.82 Å². The molecule has 3 aromatic rings. The van der Waals surface area contributed by atoms with E-state index in [2.05, 4.69) is 14.9 Å². The lowest BCUT2D eigenvalue weighted by Crippen LogP contribution is -2.39. The van der Waals surface area contributed by atoms with E-state index in [0.29, 0.717) is 50.1 Å². The molecule has 1 aliphatic rings. The second-order valence-electron chi connectivity index (χ2n) is 7.13. The van der Waals surface area contributed by atoms with Crippen LogP contribution in [0.4, 0.5) is 5.82 Å². The second-order valence-corrected chi connectivity index (χ2v) is 8.27. The number of rotatable bonds is 5. The highest BCUT2D eigenvalue weighted by Crippen LogP contribution is 2.45. The molecule has 31 heavy (non-hydrogen) atoms. The van der Waals surface area contributed by atoms with Gasteiger partial charge in [0.2, 0.25) is 0 Å². The van der Waals surface area contributed by atoms with E-state index in [9.17, 15) is 0 Å². The van der Waals surface area contributed by atoms with Crippen molar-refractivity contribution in [1.29, 1.82) is 0 Å². The van der Waals surface area contributed by atoms with Crippen LogP contribution < -0.4 is 14.4 Å². The first kappa shape index (κ1) is 22.1. The lowest BCUT2D eigenvalue weighted by Gasteiger charge is -2.33. The molecule has 0 spiro atoms. The molecule has 0 amide bonds. The molecule has 2 aromatic heterocycles. The summed E-state index contributed by atoms with van der Waals surface area (Å²) in [5, 5.41) is 1.76. The van der Waals surface area contributed by atoms with E-state index in [1.165, 1.54) is 14.2 Å². The number of pyridine rings is 1. The number of hydrogen-bond donors (Lipinski definition) is 0. The maximum Gasteiger partial charge on any atom is 0.165 e. The monoisotopic (exact) mass is 482 g/mol. The van der Waals surface area contributed by atoms with Gasteiger partial charge in [-0.1, -0.05) is 34.8 Å². The summed E-state index contributed by atoms with van der Waals surface area (Å²) < 4.78 is 16.4. The molecular formula is C21H21Cl3N4O3. The van der Waals surface area contributed by atoms with Crippen molar-refractivity contribution >= 4 is 51.5 Å². The number of hydrogen-bond acceptors (Lipinski definition) is 7. The van der Waals surface area contributed by atoms with Crippen molar-refractivity contribution in [2.75, 3.05) is 39.3 Å². The van der Waals surface area contributed by atoms with Crippen LogP contribution in [0.5, 0.6) is 11.5 Å². The van der Waals surface area contributed by atoms with Crippen molar-refractivity contribution in [3.63, 3.8) is 0 Å². The zero-order chi connectivity index (χ0) is 22.1. The predicted octanol–water partition coefficient (Wildman–Crippen LogP) is 5.28. The SMILES string of the molecule is COc1cc(OC)c(Cl)c(-c2nc(N3CCCC(OC)C3)c3cc(Cl)ncc3n2)c1Cl. The van der Waals surface area contributed by atoms with Crippen LogP contribution >= 0.6 is 34.8 Å². The number of benzene rings is 1. The van der Waals surface area contributed by atoms with Crippen molar-refractivity contribution in [3.8, 4) is 22.9 Å². The van der Waals surface area contributed by atoms with Crippen LogP contribution in [-0.4, -0.2) is 55.5 Å². The molecule has 10 heteroatoms. The number of anilines is 1. The summed E-state index contributed by atoms with van der Waals surface area (Å²) in [5.41, 5.74) is 1.05. The third-order valence-corrected chi connectivity index (χ3v) is 6.29. The summed E-state index contributed by atoms with van der Waals surface area (Å²) in [5.74, 6) is 1.89. The van der Waals surface area contributed by atoms with E-state index < -0.39 is 0 Å². The highest BCUT2D eigenvalue weighted by Gasteiger charge is 2.26. The zero-order valence-electron chi connectivity index (χ0n) is 17.3. The van der Waals surface area contributed by atoms with Crippen molar-refractivity contribution in [2.24, 2.45) is 0 Å². The number of aromatic nitrogens is 3. The summed E-state index contributed by atoms with van der Waals surface area (Å²) >= 11 is 19.4. The number of piperidine rings is 1. The minimum Gasteiger partial charge on any atom is -0.495 e. The van der Waals surface area contributed by atoms with Crippen molar-refractivity contribution in [1.82, 2.24) is 15.0 Å². The van der Waals surface area contributed by atoms with Crippen LogP contribution in [0, 0.1) is 0 Å². The second kappa shape index (κ2) is 9.20. The predicted molar refractivity (Wildman–Crippen MR) is 123 cm³/mol. The van der Waals surface area contributed by atoms with E-state index >= 15 is 0 Å². The average Bonchev–Trinajstić information content (AvgIpc) is 2.79. The molecule has 0 saturated carbocycles. The minimum absolute atomic E-state index is 0.114. The Hall–Kier alpha value is -2.06. The molecule has 0 radical (unpaired) electrons. The maximum atomic E-state index is 6.62. The number of methoxy groups -OCH3 is 3. The molecular weight excluding hydrogens is 463 g/mol. The van der Waals surface area contributed by atoms with Crippen LogP contribution in [0.3, 0.4) is 0 Å². The Morgan fingerprint density at radius 3 is 2.35 bits per heavy atom. The Balaban J connectivity index is 1.96. The molecule has 0 bridgehead atoms. The van der Waals surface area contributed by atoms with E-state index in [-0.39, 0.29) is 6.10 Å². The maximum absolute atomic E-state index is 6.62. The van der Waals surface area contributed by atoms with Crippen LogP contribution in [0.2, 0.25) is 15.2 Å². The number of halogens is 3. The third-order valence-electron chi connectivity index (χ3n) is 5.34. The third kappa shape index (κ3) is 4.20. The lowest BCUT2D eigenvalue weighted by molar-refractivity contribution is 0.0892. The fourth-order valence-electron chi connectivity index (χ4n) is 3.75. The molecule has 0 N–H and O–H groups in total. The van der Waals surface area contributed by atoms with Crippen LogP contribution in [0.1, 0.15) is 12.8 Å². The Morgan fingerprint density at radius 1 is 1.00 bits per heavy atom. The van der Waals surface area contributed by atoms with E-state index in [1.807, 2.05) is 0 Å². The Morgan fingerprint density at radius 2 is 1.71 bits per heavy atom. The van der Waals surface area contributed by atoms with E-state index in [1.54, 1.807) is 25.4 Å². The summed E-state index contributed by atoms with van der Waals surface area (Å²) in [6.45, 7) is 1.53. The Bertz CT molecular complexity index is 1100. The molecule has 3 heterocycles. The van der Waals surface area contributed by atoms with Crippen molar-refractivity contribution in [3.05, 3.63) is 33.5 Å². The molecule has 1 aromatic carbocycles. The zero-order valence-corrected chi connectivity index (χ0v) is 19.6. The molecule has 1 saturated heterocycles. The van der Waals surface area contributed by atoms with Gasteiger partial charge in [-0.05, 0) is 18.9 Å². The molecule has 7 nitrogen and oxygen atoms in total. The Kier molecular flexibility index (Phi) is 6.57. The van der Waals surface area contributed by atoms with Crippen LogP contribution in [-0.2, 0) is 4.74 Å². The molecule has 1 atom stereocenters. The normalized spacial score (nSPS) is 16.6. The van der Waals surface area contributed by atoms with E-state index in [4.69, 9.17) is 54.0 Å². The lowest BCUT2D eigenvalue weighted by atomic mass is 10.1. The van der Waals surface area contributed by atoms with E-state index in [0.717, 1.165) is 30.6 Å². The smallest absolute Gasteiger partial charge is 0.165 e. The van der Waals surface area contributed by atoms with Gasteiger partial charge < -0.3 is 19.1 Å². The number of fused-ring (bicyclic) bond motifs is 1. The van der Waals surface area contributed by atoms with Crippen molar-refractivity contribution in [2.45, 2.75) is 18.9 Å². The minimum atomic E-state index is 0.114. The van der Waals surface area contributed by atoms with Crippen LogP contribution in [0.15, 0.2) is 18.3 Å². The molecule has 164 valence electrons. The van der Waals surface area contributed by atoms with Gasteiger partial charge in [0.25, 0.3) is 0 Å². The largest absolute Gasteiger partial charge is 0.495 e. The van der Waals surface area contributed by atoms with Gasteiger partial charge in [-0.2, -0.15) is 0 Å². The van der Waals surface area contributed by atoms with Gasteiger partial charge in [0.1, 0.15) is 22.5 Å². The number of nitrogens with zero attached hydrogens (tertiary/aromatic N) is 4. The molecule has 1 aliphatic heterocycles. The first-order chi connectivity index (χ1) is 15.0. The summed E-state index contributed by atoms with van der Waals surface area (Å²) in [6.07, 6.45) is 3.70. The van der Waals surface area contributed by atoms with Gasteiger partial charge in [-0.3, -0.25) is 0 Å². The van der Waals surface area contributed by atoms with Gasteiger partial charge in [0.05, 0.1) is 47.6 Å². The Labute approximate surface area is 195 Å². The van der Waals surface area contributed by atoms with Crippen LogP contribution in [0.25, 0.3) is 22.3 Å². The fraction of sp³-hybridized carbons (Fsp3) is 0.381. The molecule has 4 rings (SSSR count). The quantitative estimate of drug-likeness (QED) is 0.457. The summed E-state index contributed by atoms with van der Waals surface area (Å²) in [4.78, 5) is 15.9. The summed E-state index contributed by atoms with van der Waals surface area (Å²) in [7, 11) is 4.77. The molecule has 0 aliphatic carbocycles. The molecule has 1 fully saturated rings. The van der Waals surface area contributed by atoms with Gasteiger partial charge in [-0.25, -0.2) is 15.0 Å². The summed E-state index contributed by atoms with van der Waals surface area (Å²) in [6, 6.07) is 3.40.